The number of hydrogen-bond donors (Lipinski definition) is 0. The van der Waals surface area contributed by atoms with E-state index in [0.29, 0.717) is 43.3 Å². The lowest BCUT2D eigenvalue weighted by Gasteiger charge is -2.37. The fourth-order valence-electron chi connectivity index (χ4n) is 17.6. The molecule has 5 spiro atoms. The fourth-order valence-corrected chi connectivity index (χ4v) is 17.6. The molecule has 83 heavy (non-hydrogen) atoms. The van der Waals surface area contributed by atoms with E-state index in [0.717, 1.165) is 82.2 Å². The summed E-state index contributed by atoms with van der Waals surface area (Å²) >= 11 is 0. The van der Waals surface area contributed by atoms with Crippen molar-refractivity contribution in [3.8, 4) is 0 Å². The summed E-state index contributed by atoms with van der Waals surface area (Å²) in [5, 5.41) is 0. The normalized spacial score (nSPS) is 34.0. The SMILES string of the molecule is CC1CCC2(CC1)CC(C)(C)C(C)(C)C2.CC1CCC2(CC1)COC(C)(C)C2.Cc1ccccc1C.Cc1ccccc1C.[2H]C1(C)CCC2(CC1)CC(C)(C)C(C)(C)C2.[2H]C1(C)CCC2(CC1)COC(C)(C)C2.[2H]C1(C)CCC2(CCOC2)CC1. The van der Waals surface area contributed by atoms with Crippen LogP contribution in [0.25, 0.3) is 0 Å². The van der Waals surface area contributed by atoms with Crippen LogP contribution < -0.4 is 0 Å². The van der Waals surface area contributed by atoms with E-state index in [1.165, 1.54) is 157 Å². The molecule has 0 N–H and O–H groups in total. The maximum atomic E-state index is 8.17. The van der Waals surface area contributed by atoms with Gasteiger partial charge in [-0.25, -0.2) is 0 Å². The standard InChI is InChI=1S/2C15H28.2C12H22O.C10H18O.2C8H10/c2*1-12-6-8-15(9-7-12)10-13(2,3)14(4,5)11-15;2*1-10-4-6-12(7-5-10)8-11(2,3)13-9-12;1-9-2-4-10(5-3-9)6-7-11-8-10;2*1-7-5-3-4-6-8(7)2/h2*12H,6-11H2,1-5H3;2*10H,4-9H2,1-3H3;9H,2-8H2,1H3;2*3-6H,1-2H3/i12D;;10D;;9D;;. The maximum Gasteiger partial charge on any atom is 0.0632 e. The van der Waals surface area contributed by atoms with Crippen LogP contribution in [0.1, 0.15) is 317 Å². The van der Waals surface area contributed by atoms with E-state index in [4.69, 9.17) is 18.3 Å². The van der Waals surface area contributed by atoms with Crippen LogP contribution in [0.5, 0.6) is 0 Å². The predicted octanol–water partition coefficient (Wildman–Crippen LogP) is 24.0. The molecule has 7 aliphatic carbocycles. The Labute approximate surface area is 521 Å². The lowest BCUT2D eigenvalue weighted by Crippen LogP contribution is -2.28. The van der Waals surface area contributed by atoms with Crippen LogP contribution in [-0.2, 0) is 14.2 Å². The minimum atomic E-state index is -0.169. The Balaban J connectivity index is 0.000000162. The highest BCUT2D eigenvalue weighted by Crippen LogP contribution is 2.66. The first kappa shape index (κ1) is 65.8. The maximum absolute atomic E-state index is 8.17. The third-order valence-electron chi connectivity index (χ3n) is 25.3. The number of rotatable bonds is 0. The topological polar surface area (TPSA) is 27.7 Å². The van der Waals surface area contributed by atoms with Crippen LogP contribution in [0.3, 0.4) is 0 Å². The van der Waals surface area contributed by atoms with Gasteiger partial charge in [0, 0.05) is 10.7 Å². The first-order valence-corrected chi connectivity index (χ1v) is 34.8. The van der Waals surface area contributed by atoms with E-state index < -0.39 is 0 Å². The molecule has 3 nitrogen and oxygen atoms in total. The van der Waals surface area contributed by atoms with Crippen LogP contribution >= 0.6 is 0 Å². The van der Waals surface area contributed by atoms with Crippen molar-refractivity contribution in [2.75, 3.05) is 26.4 Å². The van der Waals surface area contributed by atoms with E-state index >= 15 is 0 Å². The van der Waals surface area contributed by atoms with Gasteiger partial charge in [-0.1, -0.05) is 203 Å². The number of hydrogen-bond acceptors (Lipinski definition) is 3. The zero-order valence-electron chi connectivity index (χ0n) is 61.9. The molecule has 0 bridgehead atoms. The molecule has 3 heteroatoms. The van der Waals surface area contributed by atoms with Crippen LogP contribution in [0.2, 0.25) is 0 Å². The minimum absolute atomic E-state index is 0.0791. The van der Waals surface area contributed by atoms with Crippen molar-refractivity contribution in [3.63, 3.8) is 0 Å². The van der Waals surface area contributed by atoms with Crippen molar-refractivity contribution >= 4 is 0 Å². The first-order chi connectivity index (χ1) is 39.4. The monoisotopic (exact) mass is 1150 g/mol. The Kier molecular flexibility index (Phi) is 22.5. The van der Waals surface area contributed by atoms with E-state index in [-0.39, 0.29) is 28.9 Å². The Morgan fingerprint density at radius 1 is 0.325 bits per heavy atom. The summed E-state index contributed by atoms with van der Waals surface area (Å²) in [6, 6.07) is 16.7. The third kappa shape index (κ3) is 19.9. The van der Waals surface area contributed by atoms with Gasteiger partial charge in [-0.3, -0.25) is 0 Å². The Bertz CT molecular complexity index is 2260. The van der Waals surface area contributed by atoms with Crippen molar-refractivity contribution in [3.05, 3.63) is 70.8 Å². The second-order valence-electron chi connectivity index (χ2n) is 35.4. The van der Waals surface area contributed by atoms with Gasteiger partial charge in [0.1, 0.15) is 0 Å². The molecule has 3 aliphatic heterocycles. The smallest absolute Gasteiger partial charge is 0.0632 e. The van der Waals surface area contributed by atoms with Gasteiger partial charge in [-0.2, -0.15) is 0 Å². The second-order valence-corrected chi connectivity index (χ2v) is 35.4. The predicted molar refractivity (Wildman–Crippen MR) is 360 cm³/mol. The Morgan fingerprint density at radius 3 is 0.819 bits per heavy atom. The van der Waals surface area contributed by atoms with Gasteiger partial charge >= 0.3 is 0 Å². The fraction of sp³-hybridized carbons (Fsp3) is 0.850. The summed E-state index contributed by atoms with van der Waals surface area (Å²) in [6.07, 6.45) is 34.8. The van der Waals surface area contributed by atoms with Crippen LogP contribution in [0, 0.1) is 106 Å². The van der Waals surface area contributed by atoms with E-state index in [2.05, 4.69) is 194 Å². The van der Waals surface area contributed by atoms with Crippen molar-refractivity contribution in [2.24, 2.45) is 78.3 Å². The molecule has 12 rings (SSSR count). The van der Waals surface area contributed by atoms with Gasteiger partial charge < -0.3 is 14.2 Å². The molecule has 2 aromatic rings. The third-order valence-corrected chi connectivity index (χ3v) is 25.3. The molecule has 10 fully saturated rings. The summed E-state index contributed by atoms with van der Waals surface area (Å²) in [4.78, 5) is 0. The highest BCUT2D eigenvalue weighted by molar-refractivity contribution is 5.24. The summed E-state index contributed by atoms with van der Waals surface area (Å²) in [5.41, 5.74) is 10.5. The second kappa shape index (κ2) is 28.4. The molecule has 0 aromatic heterocycles. The van der Waals surface area contributed by atoms with Crippen molar-refractivity contribution in [2.45, 2.75) is 330 Å². The van der Waals surface area contributed by atoms with Crippen molar-refractivity contribution in [1.29, 1.82) is 0 Å². The molecule has 7 saturated carbocycles. The molecule has 0 amide bonds. The largest absolute Gasteiger partial charge is 0.381 e. The Hall–Kier alpha value is -1.68. The van der Waals surface area contributed by atoms with Gasteiger partial charge in [-0.15, -0.1) is 0 Å². The number of aryl methyl sites for hydroxylation is 4. The van der Waals surface area contributed by atoms with Crippen LogP contribution in [-0.4, -0.2) is 37.6 Å². The summed E-state index contributed by atoms with van der Waals surface area (Å²) in [6.45, 7) is 52.0. The molecular formula is C80H138O3. The van der Waals surface area contributed by atoms with Gasteiger partial charge in [-0.05, 0) is 265 Å². The van der Waals surface area contributed by atoms with E-state index in [1.807, 2.05) is 0 Å². The van der Waals surface area contributed by atoms with Gasteiger partial charge in [0.15, 0.2) is 0 Å². The minimum Gasteiger partial charge on any atom is -0.381 e. The lowest BCUT2D eigenvalue weighted by atomic mass is 9.68. The molecule has 0 radical (unpaired) electrons. The van der Waals surface area contributed by atoms with Crippen molar-refractivity contribution in [1.82, 2.24) is 0 Å². The Morgan fingerprint density at radius 2 is 0.578 bits per heavy atom. The lowest BCUT2D eigenvalue weighted by molar-refractivity contribution is 0.0271. The quantitative estimate of drug-likeness (QED) is 0.263. The van der Waals surface area contributed by atoms with E-state index in [1.54, 1.807) is 0 Å². The zero-order chi connectivity index (χ0) is 64.2. The summed E-state index contributed by atoms with van der Waals surface area (Å²) in [5.74, 6) is 1.49. The molecular weight excluding hydrogens is 1010 g/mol. The molecule has 3 heterocycles. The van der Waals surface area contributed by atoms with Crippen LogP contribution in [0.15, 0.2) is 48.5 Å². The first-order valence-electron chi connectivity index (χ1n) is 36.3. The van der Waals surface area contributed by atoms with E-state index in [9.17, 15) is 0 Å². The molecule has 3 saturated heterocycles. The average Bonchev–Trinajstić information content (AvgIpc) is 3.48. The molecule has 2 aromatic carbocycles. The number of ether oxygens (including phenoxy) is 3. The molecule has 10 aliphatic rings. The highest BCUT2D eigenvalue weighted by Gasteiger charge is 2.56. The van der Waals surface area contributed by atoms with Gasteiger partial charge in [0.25, 0.3) is 0 Å². The molecule has 476 valence electrons. The van der Waals surface area contributed by atoms with Gasteiger partial charge in [0.05, 0.1) is 31.0 Å². The molecule has 0 atom stereocenters. The molecule has 0 unspecified atom stereocenters. The van der Waals surface area contributed by atoms with Crippen molar-refractivity contribution < 1.29 is 18.3 Å². The average molecular weight is 1150 g/mol. The summed E-state index contributed by atoms with van der Waals surface area (Å²) < 4.78 is 41.3. The van der Waals surface area contributed by atoms with Crippen LogP contribution in [0.4, 0.5) is 0 Å². The highest BCUT2D eigenvalue weighted by atomic mass is 16.5. The van der Waals surface area contributed by atoms with Gasteiger partial charge in [0.2, 0.25) is 0 Å². The zero-order valence-corrected chi connectivity index (χ0v) is 58.9. The summed E-state index contributed by atoms with van der Waals surface area (Å²) in [7, 11) is 0. The number of benzene rings is 2.